The van der Waals surface area contributed by atoms with Crippen LogP contribution in [0.4, 0.5) is 5.69 Å². The number of halogens is 2. The first-order chi connectivity index (χ1) is 8.56. The maximum Gasteiger partial charge on any atom is 0.325 e. The Hall–Kier alpha value is -1.85. The molecule has 18 heavy (non-hydrogen) atoms. The number of benzene rings is 1. The Morgan fingerprint density at radius 3 is 2.67 bits per heavy atom. The number of nitrogens with one attached hydrogen (secondary N) is 2. The Balaban J connectivity index is 2.36. The van der Waals surface area contributed by atoms with E-state index in [9.17, 15) is 9.59 Å². The fourth-order valence-electron chi connectivity index (χ4n) is 1.24. The molecule has 2 N–H and O–H groups in total. The van der Waals surface area contributed by atoms with E-state index in [1.54, 1.807) is 18.2 Å². The molecule has 0 spiro atoms. The highest BCUT2D eigenvalue weighted by molar-refractivity contribution is 6.36. The molecular weight excluding hydrogens is 277 g/mol. The van der Waals surface area contributed by atoms with Crippen LogP contribution < -0.4 is 11.2 Å². The molecule has 0 aliphatic carbocycles. The first-order valence-corrected chi connectivity index (χ1v) is 5.63. The van der Waals surface area contributed by atoms with Crippen LogP contribution in [0.15, 0.2) is 39.0 Å². The average Bonchev–Trinajstić information content (AvgIpc) is 2.30. The van der Waals surface area contributed by atoms with Gasteiger partial charge in [0.1, 0.15) is 0 Å². The smallest absolute Gasteiger partial charge is 0.313 e. The number of rotatable bonds is 2. The highest BCUT2D eigenvalue weighted by Crippen LogP contribution is 2.27. The van der Waals surface area contributed by atoms with Crippen LogP contribution in [0.5, 0.6) is 0 Å². The van der Waals surface area contributed by atoms with Crippen molar-refractivity contribution >= 4 is 35.1 Å². The molecule has 2 rings (SSSR count). The molecule has 1 aromatic carbocycles. The normalized spacial score (nSPS) is 11.0. The van der Waals surface area contributed by atoms with E-state index < -0.39 is 11.2 Å². The van der Waals surface area contributed by atoms with Crippen LogP contribution in [0.3, 0.4) is 0 Å². The Kier molecular flexibility index (Phi) is 3.64. The van der Waals surface area contributed by atoms with Gasteiger partial charge in [-0.15, -0.1) is 0 Å². The van der Waals surface area contributed by atoms with Gasteiger partial charge in [0.05, 0.1) is 16.3 Å². The fourth-order valence-corrected chi connectivity index (χ4v) is 1.70. The fraction of sp³-hybridized carbons (Fsp3) is 0. The third-order valence-corrected chi connectivity index (χ3v) is 2.64. The maximum absolute atomic E-state index is 11.4. The van der Waals surface area contributed by atoms with E-state index in [0.29, 0.717) is 15.7 Å². The van der Waals surface area contributed by atoms with Crippen molar-refractivity contribution in [2.75, 3.05) is 0 Å². The third kappa shape index (κ3) is 2.88. The van der Waals surface area contributed by atoms with Gasteiger partial charge in [-0.05, 0) is 18.2 Å². The number of nitrogens with zero attached hydrogens (tertiary/aromatic N) is 1. The third-order valence-electron chi connectivity index (χ3n) is 2.10. The first-order valence-electron chi connectivity index (χ1n) is 4.87. The summed E-state index contributed by atoms with van der Waals surface area (Å²) in [5.74, 6) is 0. The molecule has 0 fully saturated rings. The number of H-pyrrole nitrogens is 2. The molecule has 0 bridgehead atoms. The van der Waals surface area contributed by atoms with Crippen molar-refractivity contribution in [2.24, 2.45) is 4.99 Å². The van der Waals surface area contributed by atoms with E-state index in [-0.39, 0.29) is 5.56 Å². The summed E-state index contributed by atoms with van der Waals surface area (Å²) in [6, 6.07) is 4.81. The van der Waals surface area contributed by atoms with E-state index in [0.717, 1.165) is 0 Å². The van der Waals surface area contributed by atoms with E-state index in [4.69, 9.17) is 23.2 Å². The van der Waals surface area contributed by atoms with E-state index >= 15 is 0 Å². The molecule has 5 nitrogen and oxygen atoms in total. The molecule has 0 aliphatic rings. The van der Waals surface area contributed by atoms with Crippen molar-refractivity contribution in [3.8, 4) is 0 Å². The Bertz CT molecular complexity index is 719. The second-order valence-corrected chi connectivity index (χ2v) is 4.22. The van der Waals surface area contributed by atoms with Gasteiger partial charge in [-0.3, -0.25) is 14.8 Å². The number of aromatic nitrogens is 2. The molecular formula is C11H7Cl2N3O2. The molecule has 1 heterocycles. The SMILES string of the molecule is O=c1[nH]cc(C=Nc2ccc(Cl)cc2Cl)c(=O)[nH]1. The quantitative estimate of drug-likeness (QED) is 0.828. The van der Waals surface area contributed by atoms with Gasteiger partial charge in [0, 0.05) is 17.4 Å². The van der Waals surface area contributed by atoms with Crippen LogP contribution in [0.1, 0.15) is 5.56 Å². The average molecular weight is 284 g/mol. The van der Waals surface area contributed by atoms with E-state index in [1.807, 2.05) is 0 Å². The molecule has 0 atom stereocenters. The Morgan fingerprint density at radius 2 is 2.00 bits per heavy atom. The predicted octanol–water partition coefficient (Wildman–Crippen LogP) is 2.12. The lowest BCUT2D eigenvalue weighted by molar-refractivity contribution is 1.03. The summed E-state index contributed by atoms with van der Waals surface area (Å²) in [5.41, 5.74) is -0.387. The molecule has 7 heteroatoms. The van der Waals surface area contributed by atoms with Gasteiger partial charge < -0.3 is 4.98 Å². The summed E-state index contributed by atoms with van der Waals surface area (Å²) in [7, 11) is 0. The van der Waals surface area contributed by atoms with E-state index in [2.05, 4.69) is 15.0 Å². The van der Waals surface area contributed by atoms with E-state index in [1.165, 1.54) is 12.4 Å². The second kappa shape index (κ2) is 5.20. The molecule has 0 amide bonds. The number of hydrogen-bond donors (Lipinski definition) is 2. The molecule has 0 saturated heterocycles. The van der Waals surface area contributed by atoms with Gasteiger partial charge >= 0.3 is 5.69 Å². The highest BCUT2D eigenvalue weighted by atomic mass is 35.5. The summed E-state index contributed by atoms with van der Waals surface area (Å²) in [6.07, 6.45) is 2.58. The van der Waals surface area contributed by atoms with Crippen LogP contribution in [0, 0.1) is 0 Å². The zero-order chi connectivity index (χ0) is 13.1. The summed E-state index contributed by atoms with van der Waals surface area (Å²) in [6.45, 7) is 0. The number of aliphatic imine (C=N–C) groups is 1. The van der Waals surface area contributed by atoms with Gasteiger partial charge in [-0.1, -0.05) is 23.2 Å². The summed E-state index contributed by atoms with van der Waals surface area (Å²) in [5, 5.41) is 0.875. The van der Waals surface area contributed by atoms with Crippen LogP contribution in [0.2, 0.25) is 10.0 Å². The molecule has 1 aromatic heterocycles. The lowest BCUT2D eigenvalue weighted by atomic mass is 10.3. The van der Waals surface area contributed by atoms with Crippen molar-refractivity contribution in [3.05, 3.63) is 60.8 Å². The summed E-state index contributed by atoms with van der Waals surface area (Å²) >= 11 is 11.7. The predicted molar refractivity (Wildman–Crippen MR) is 71.4 cm³/mol. The monoisotopic (exact) mass is 283 g/mol. The van der Waals surface area contributed by atoms with Gasteiger partial charge in [0.25, 0.3) is 5.56 Å². The van der Waals surface area contributed by atoms with Crippen LogP contribution >= 0.6 is 23.2 Å². The van der Waals surface area contributed by atoms with Crippen LogP contribution in [-0.4, -0.2) is 16.2 Å². The minimum Gasteiger partial charge on any atom is -0.313 e. The topological polar surface area (TPSA) is 78.1 Å². The minimum atomic E-state index is -0.568. The molecule has 0 aliphatic heterocycles. The summed E-state index contributed by atoms with van der Waals surface area (Å²) in [4.78, 5) is 30.7. The second-order valence-electron chi connectivity index (χ2n) is 3.38. The Morgan fingerprint density at radius 1 is 1.22 bits per heavy atom. The minimum absolute atomic E-state index is 0.223. The van der Waals surface area contributed by atoms with Gasteiger partial charge in [-0.2, -0.15) is 0 Å². The molecule has 2 aromatic rings. The molecule has 0 radical (unpaired) electrons. The Labute approximate surface area is 111 Å². The van der Waals surface area contributed by atoms with Crippen LogP contribution in [0.25, 0.3) is 0 Å². The van der Waals surface area contributed by atoms with Crippen molar-refractivity contribution in [2.45, 2.75) is 0 Å². The molecule has 0 unspecified atom stereocenters. The van der Waals surface area contributed by atoms with Crippen molar-refractivity contribution in [1.82, 2.24) is 9.97 Å². The lowest BCUT2D eigenvalue weighted by Gasteiger charge is -1.97. The standard InChI is InChI=1S/C11H7Cl2N3O2/c12-7-1-2-9(8(13)3-7)14-4-6-5-15-11(18)16-10(6)17/h1-5H,(H2,15,16,17,18). The molecule has 0 saturated carbocycles. The first kappa shape index (κ1) is 12.6. The zero-order valence-electron chi connectivity index (χ0n) is 8.91. The highest BCUT2D eigenvalue weighted by Gasteiger charge is 2.00. The largest absolute Gasteiger partial charge is 0.325 e. The van der Waals surface area contributed by atoms with Crippen molar-refractivity contribution < 1.29 is 0 Å². The maximum atomic E-state index is 11.4. The zero-order valence-corrected chi connectivity index (χ0v) is 10.4. The lowest BCUT2D eigenvalue weighted by Crippen LogP contribution is -2.24. The van der Waals surface area contributed by atoms with Crippen LogP contribution in [-0.2, 0) is 0 Å². The van der Waals surface area contributed by atoms with Gasteiger partial charge in [0.15, 0.2) is 0 Å². The summed E-state index contributed by atoms with van der Waals surface area (Å²) < 4.78 is 0. The van der Waals surface area contributed by atoms with Gasteiger partial charge in [0.2, 0.25) is 0 Å². The van der Waals surface area contributed by atoms with Gasteiger partial charge in [-0.25, -0.2) is 4.79 Å². The van der Waals surface area contributed by atoms with Crippen molar-refractivity contribution in [3.63, 3.8) is 0 Å². The van der Waals surface area contributed by atoms with Crippen molar-refractivity contribution in [1.29, 1.82) is 0 Å². The molecule has 92 valence electrons. The number of aromatic amines is 2. The number of hydrogen-bond acceptors (Lipinski definition) is 3.